The van der Waals surface area contributed by atoms with Gasteiger partial charge in [-0.25, -0.2) is 0 Å². The lowest BCUT2D eigenvalue weighted by molar-refractivity contribution is -0.137. The molecular weight excluding hydrogens is 444 g/mol. The minimum Gasteiger partial charge on any atom is -0.352 e. The molecule has 0 spiro atoms. The van der Waals surface area contributed by atoms with Gasteiger partial charge in [-0.3, -0.25) is 9.98 Å². The van der Waals surface area contributed by atoms with Gasteiger partial charge in [0.25, 0.3) is 0 Å². The first-order chi connectivity index (χ1) is 11.4. The van der Waals surface area contributed by atoms with Crippen LogP contribution in [-0.2, 0) is 19.3 Å². The molecule has 2 aromatic rings. The predicted octanol–water partition coefficient (Wildman–Crippen LogP) is 3.89. The SMILES string of the molecule is CN=C(NCc1ccc(C(F)(F)F)cc1)NCc1cccc(C)n1.I. The predicted molar refractivity (Wildman–Crippen MR) is 103 cm³/mol. The highest BCUT2D eigenvalue weighted by atomic mass is 127. The number of nitrogens with zero attached hydrogens (tertiary/aromatic N) is 2. The fourth-order valence-corrected chi connectivity index (χ4v) is 2.09. The highest BCUT2D eigenvalue weighted by molar-refractivity contribution is 14.0. The van der Waals surface area contributed by atoms with Crippen LogP contribution in [0.15, 0.2) is 47.5 Å². The summed E-state index contributed by atoms with van der Waals surface area (Å²) in [6.07, 6.45) is -4.32. The Morgan fingerprint density at radius 2 is 1.68 bits per heavy atom. The lowest BCUT2D eigenvalue weighted by Crippen LogP contribution is -2.36. The lowest BCUT2D eigenvalue weighted by atomic mass is 10.1. The van der Waals surface area contributed by atoms with E-state index in [-0.39, 0.29) is 24.0 Å². The third kappa shape index (κ3) is 6.89. The van der Waals surface area contributed by atoms with Gasteiger partial charge >= 0.3 is 6.18 Å². The lowest BCUT2D eigenvalue weighted by Gasteiger charge is -2.12. The van der Waals surface area contributed by atoms with Crippen molar-refractivity contribution in [2.24, 2.45) is 4.99 Å². The number of hydrogen-bond acceptors (Lipinski definition) is 2. The molecule has 0 aliphatic carbocycles. The average Bonchev–Trinajstić information content (AvgIpc) is 2.55. The van der Waals surface area contributed by atoms with Crippen LogP contribution >= 0.6 is 24.0 Å². The quantitative estimate of drug-likeness (QED) is 0.410. The molecule has 25 heavy (non-hydrogen) atoms. The molecule has 0 aliphatic rings. The van der Waals surface area contributed by atoms with Crippen molar-refractivity contribution >= 4 is 29.9 Å². The molecule has 1 heterocycles. The van der Waals surface area contributed by atoms with Crippen LogP contribution in [0.1, 0.15) is 22.5 Å². The van der Waals surface area contributed by atoms with E-state index in [1.165, 1.54) is 12.1 Å². The van der Waals surface area contributed by atoms with E-state index in [1.807, 2.05) is 25.1 Å². The van der Waals surface area contributed by atoms with Crippen LogP contribution in [0.5, 0.6) is 0 Å². The fraction of sp³-hybridized carbons (Fsp3) is 0.294. The molecule has 2 N–H and O–H groups in total. The first-order valence-corrected chi connectivity index (χ1v) is 7.41. The van der Waals surface area contributed by atoms with E-state index in [0.717, 1.165) is 29.1 Å². The van der Waals surface area contributed by atoms with Gasteiger partial charge in [0.05, 0.1) is 17.8 Å². The van der Waals surface area contributed by atoms with Crippen LogP contribution in [0, 0.1) is 6.92 Å². The van der Waals surface area contributed by atoms with Gasteiger partial charge in [0.15, 0.2) is 5.96 Å². The zero-order valence-electron chi connectivity index (χ0n) is 13.9. The maximum atomic E-state index is 12.5. The number of aryl methyl sites for hydroxylation is 1. The molecule has 0 radical (unpaired) electrons. The van der Waals surface area contributed by atoms with Crippen molar-refractivity contribution in [3.8, 4) is 0 Å². The Labute approximate surface area is 162 Å². The van der Waals surface area contributed by atoms with Gasteiger partial charge in [0.1, 0.15) is 0 Å². The molecule has 0 fully saturated rings. The number of halogens is 4. The number of pyridine rings is 1. The second-order valence-electron chi connectivity index (χ2n) is 5.24. The van der Waals surface area contributed by atoms with Crippen LogP contribution in [0.3, 0.4) is 0 Å². The summed E-state index contributed by atoms with van der Waals surface area (Å²) in [5.74, 6) is 0.554. The van der Waals surface area contributed by atoms with Crippen molar-refractivity contribution in [3.63, 3.8) is 0 Å². The second kappa shape index (κ2) is 9.59. The average molecular weight is 464 g/mol. The zero-order chi connectivity index (χ0) is 17.6. The Morgan fingerprint density at radius 3 is 2.24 bits per heavy atom. The summed E-state index contributed by atoms with van der Waals surface area (Å²) in [4.78, 5) is 8.46. The smallest absolute Gasteiger partial charge is 0.352 e. The van der Waals surface area contributed by atoms with Crippen molar-refractivity contribution in [3.05, 3.63) is 65.0 Å². The molecule has 4 nitrogen and oxygen atoms in total. The van der Waals surface area contributed by atoms with E-state index in [0.29, 0.717) is 19.0 Å². The van der Waals surface area contributed by atoms with Crippen LogP contribution in [0.4, 0.5) is 13.2 Å². The van der Waals surface area contributed by atoms with Crippen LogP contribution in [-0.4, -0.2) is 18.0 Å². The normalized spacial score (nSPS) is 11.6. The summed E-state index contributed by atoms with van der Waals surface area (Å²) in [6.45, 7) is 2.80. The Hall–Kier alpha value is -1.84. The third-order valence-corrected chi connectivity index (χ3v) is 3.35. The molecule has 0 unspecified atom stereocenters. The largest absolute Gasteiger partial charge is 0.416 e. The van der Waals surface area contributed by atoms with Gasteiger partial charge < -0.3 is 10.6 Å². The molecule has 1 aromatic carbocycles. The van der Waals surface area contributed by atoms with Gasteiger partial charge in [-0.15, -0.1) is 24.0 Å². The second-order valence-corrected chi connectivity index (χ2v) is 5.24. The molecule has 8 heteroatoms. The molecule has 2 rings (SSSR count). The number of benzene rings is 1. The van der Waals surface area contributed by atoms with E-state index in [2.05, 4.69) is 20.6 Å². The van der Waals surface area contributed by atoms with Crippen molar-refractivity contribution in [1.29, 1.82) is 0 Å². The highest BCUT2D eigenvalue weighted by Crippen LogP contribution is 2.28. The van der Waals surface area contributed by atoms with E-state index < -0.39 is 11.7 Å². The summed E-state index contributed by atoms with van der Waals surface area (Å²) >= 11 is 0. The maximum Gasteiger partial charge on any atom is 0.416 e. The van der Waals surface area contributed by atoms with Gasteiger partial charge in [0.2, 0.25) is 0 Å². The first kappa shape index (κ1) is 21.2. The minimum atomic E-state index is -4.32. The van der Waals surface area contributed by atoms with Crippen LogP contribution < -0.4 is 10.6 Å². The molecule has 1 aromatic heterocycles. The fourth-order valence-electron chi connectivity index (χ4n) is 2.09. The molecule has 0 bridgehead atoms. The molecule has 136 valence electrons. The molecule has 0 saturated carbocycles. The number of aromatic nitrogens is 1. The summed E-state index contributed by atoms with van der Waals surface area (Å²) in [7, 11) is 1.63. The van der Waals surface area contributed by atoms with Crippen molar-refractivity contribution in [2.75, 3.05) is 7.05 Å². The van der Waals surface area contributed by atoms with E-state index in [1.54, 1.807) is 7.05 Å². The topological polar surface area (TPSA) is 49.3 Å². The van der Waals surface area contributed by atoms with Crippen molar-refractivity contribution in [2.45, 2.75) is 26.2 Å². The van der Waals surface area contributed by atoms with Gasteiger partial charge in [-0.2, -0.15) is 13.2 Å². The summed E-state index contributed by atoms with van der Waals surface area (Å²) < 4.78 is 37.6. The summed E-state index contributed by atoms with van der Waals surface area (Å²) in [5, 5.41) is 6.17. The highest BCUT2D eigenvalue weighted by Gasteiger charge is 2.29. The van der Waals surface area contributed by atoms with E-state index in [4.69, 9.17) is 0 Å². The minimum absolute atomic E-state index is 0. The number of guanidine groups is 1. The Morgan fingerprint density at radius 1 is 1.04 bits per heavy atom. The van der Waals surface area contributed by atoms with Gasteiger partial charge in [-0.1, -0.05) is 18.2 Å². The standard InChI is InChI=1S/C17H19F3N4.HI/c1-12-4-3-5-15(24-12)11-23-16(21-2)22-10-13-6-8-14(9-7-13)17(18,19)20;/h3-9H,10-11H2,1-2H3,(H2,21,22,23);1H. The van der Waals surface area contributed by atoms with Gasteiger partial charge in [-0.05, 0) is 36.8 Å². The van der Waals surface area contributed by atoms with Gasteiger partial charge in [0, 0.05) is 19.3 Å². The van der Waals surface area contributed by atoms with E-state index >= 15 is 0 Å². The molecular formula is C17H20F3IN4. The number of alkyl halides is 3. The monoisotopic (exact) mass is 464 g/mol. The third-order valence-electron chi connectivity index (χ3n) is 3.35. The summed E-state index contributed by atoms with van der Waals surface area (Å²) in [5.41, 5.74) is 1.90. The number of rotatable bonds is 4. The molecule has 0 saturated heterocycles. The number of nitrogens with one attached hydrogen (secondary N) is 2. The van der Waals surface area contributed by atoms with Crippen molar-refractivity contribution < 1.29 is 13.2 Å². The Balaban J connectivity index is 0.00000312. The maximum absolute atomic E-state index is 12.5. The number of hydrogen-bond donors (Lipinski definition) is 2. The zero-order valence-corrected chi connectivity index (χ0v) is 16.2. The molecule has 0 aliphatic heterocycles. The van der Waals surface area contributed by atoms with Crippen LogP contribution in [0.25, 0.3) is 0 Å². The van der Waals surface area contributed by atoms with Crippen molar-refractivity contribution in [1.82, 2.24) is 15.6 Å². The molecule has 0 atom stereocenters. The summed E-state index contributed by atoms with van der Waals surface area (Å²) in [6, 6.07) is 10.8. The van der Waals surface area contributed by atoms with Crippen LogP contribution in [0.2, 0.25) is 0 Å². The number of aliphatic imine (C=N–C) groups is 1. The Kier molecular flexibility index (Phi) is 8.14. The first-order valence-electron chi connectivity index (χ1n) is 7.41. The molecule has 0 amide bonds. The Bertz CT molecular complexity index is 700. The van der Waals surface area contributed by atoms with E-state index in [9.17, 15) is 13.2 Å².